The molecule has 15 heavy (non-hydrogen) atoms. The lowest BCUT2D eigenvalue weighted by Crippen LogP contribution is -2.24. The van der Waals surface area contributed by atoms with Crippen molar-refractivity contribution in [1.82, 2.24) is 5.32 Å². The van der Waals surface area contributed by atoms with Gasteiger partial charge in [0.2, 0.25) is 0 Å². The van der Waals surface area contributed by atoms with Gasteiger partial charge < -0.3 is 9.73 Å². The summed E-state index contributed by atoms with van der Waals surface area (Å²) in [4.78, 5) is 0. The molecule has 2 fully saturated rings. The lowest BCUT2D eigenvalue weighted by molar-refractivity contribution is 0.388. The number of hydrogen-bond donors (Lipinski definition) is 1. The summed E-state index contributed by atoms with van der Waals surface area (Å²) in [5.74, 6) is 1.96. The summed E-state index contributed by atoms with van der Waals surface area (Å²) in [5.41, 5.74) is 0.663. The minimum atomic E-state index is 0.482. The summed E-state index contributed by atoms with van der Waals surface area (Å²) in [6.45, 7) is 1.96. The second-order valence-electron chi connectivity index (χ2n) is 4.95. The highest BCUT2D eigenvalue weighted by atomic mass is 35.5. The van der Waals surface area contributed by atoms with Crippen LogP contribution in [0.3, 0.4) is 0 Å². The maximum absolute atomic E-state index is 5.71. The van der Waals surface area contributed by atoms with Gasteiger partial charge in [-0.2, -0.15) is 0 Å². The minimum Gasteiger partial charge on any atom is -0.448 e. The number of hydrogen-bond acceptors (Lipinski definition) is 2. The Bertz CT molecular complexity index is 352. The van der Waals surface area contributed by atoms with Gasteiger partial charge in [-0.05, 0) is 60.7 Å². The minimum absolute atomic E-state index is 0.482. The van der Waals surface area contributed by atoms with Gasteiger partial charge in [-0.25, -0.2) is 0 Å². The van der Waals surface area contributed by atoms with Gasteiger partial charge >= 0.3 is 0 Å². The van der Waals surface area contributed by atoms with Crippen LogP contribution in [0, 0.1) is 11.3 Å². The SMILES string of the molecule is Clc1ccc(CNCC2(C3CC3)CC2)o1. The maximum Gasteiger partial charge on any atom is 0.193 e. The van der Waals surface area contributed by atoms with Gasteiger partial charge in [0.1, 0.15) is 5.76 Å². The van der Waals surface area contributed by atoms with Crippen LogP contribution in [0.4, 0.5) is 0 Å². The molecule has 0 bridgehead atoms. The normalized spacial score (nSPS) is 23.0. The molecule has 0 amide bonds. The van der Waals surface area contributed by atoms with Crippen LogP contribution in [-0.4, -0.2) is 6.54 Å². The molecule has 0 aliphatic heterocycles. The number of rotatable bonds is 5. The highest BCUT2D eigenvalue weighted by molar-refractivity contribution is 6.28. The van der Waals surface area contributed by atoms with Crippen molar-refractivity contribution in [1.29, 1.82) is 0 Å². The summed E-state index contributed by atoms with van der Waals surface area (Å²) in [7, 11) is 0. The van der Waals surface area contributed by atoms with Gasteiger partial charge in [0.25, 0.3) is 0 Å². The fourth-order valence-corrected chi connectivity index (χ4v) is 2.63. The van der Waals surface area contributed by atoms with Crippen LogP contribution in [-0.2, 0) is 6.54 Å². The van der Waals surface area contributed by atoms with Gasteiger partial charge in [0, 0.05) is 6.54 Å². The summed E-state index contributed by atoms with van der Waals surface area (Å²) in [6, 6.07) is 3.73. The van der Waals surface area contributed by atoms with Crippen molar-refractivity contribution in [2.75, 3.05) is 6.54 Å². The Balaban J connectivity index is 1.47. The Kier molecular flexibility index (Phi) is 2.29. The first-order valence-corrected chi connectivity index (χ1v) is 6.11. The first-order chi connectivity index (χ1) is 7.28. The van der Waals surface area contributed by atoms with E-state index in [1.54, 1.807) is 6.07 Å². The van der Waals surface area contributed by atoms with Gasteiger partial charge in [0.05, 0.1) is 6.54 Å². The molecule has 82 valence electrons. The van der Waals surface area contributed by atoms with Crippen molar-refractivity contribution < 1.29 is 4.42 Å². The Morgan fingerprint density at radius 1 is 1.40 bits per heavy atom. The molecule has 1 N–H and O–H groups in total. The molecule has 2 saturated carbocycles. The molecule has 2 nitrogen and oxygen atoms in total. The van der Waals surface area contributed by atoms with Crippen LogP contribution in [0.25, 0.3) is 0 Å². The second-order valence-corrected chi connectivity index (χ2v) is 5.32. The number of halogens is 1. The Hall–Kier alpha value is -0.470. The molecule has 3 heteroatoms. The Morgan fingerprint density at radius 2 is 2.20 bits per heavy atom. The molecule has 0 unspecified atom stereocenters. The summed E-state index contributed by atoms with van der Waals surface area (Å²) in [5, 5.41) is 3.97. The largest absolute Gasteiger partial charge is 0.448 e. The fraction of sp³-hybridized carbons (Fsp3) is 0.667. The van der Waals surface area contributed by atoms with Gasteiger partial charge in [-0.1, -0.05) is 0 Å². The highest BCUT2D eigenvalue weighted by Gasteiger charge is 2.53. The van der Waals surface area contributed by atoms with Crippen molar-refractivity contribution in [3.63, 3.8) is 0 Å². The first kappa shape index (κ1) is 9.73. The Labute approximate surface area is 95.0 Å². The monoisotopic (exact) mass is 225 g/mol. The molecule has 0 aromatic carbocycles. The first-order valence-electron chi connectivity index (χ1n) is 5.73. The van der Waals surface area contributed by atoms with E-state index in [1.165, 1.54) is 25.7 Å². The predicted molar refractivity (Wildman–Crippen MR) is 59.8 cm³/mol. The summed E-state index contributed by atoms with van der Waals surface area (Å²) in [6.07, 6.45) is 5.75. The van der Waals surface area contributed by atoms with E-state index in [-0.39, 0.29) is 0 Å². The average molecular weight is 226 g/mol. The van der Waals surface area contributed by atoms with Crippen LogP contribution < -0.4 is 5.32 Å². The second kappa shape index (κ2) is 3.53. The lowest BCUT2D eigenvalue weighted by Gasteiger charge is -2.13. The quantitative estimate of drug-likeness (QED) is 0.833. The lowest BCUT2D eigenvalue weighted by atomic mass is 10.0. The van der Waals surface area contributed by atoms with Crippen LogP contribution >= 0.6 is 11.6 Å². The smallest absolute Gasteiger partial charge is 0.193 e. The molecular formula is C12H16ClNO. The van der Waals surface area contributed by atoms with Crippen molar-refractivity contribution in [2.45, 2.75) is 32.2 Å². The fourth-order valence-electron chi connectivity index (χ4n) is 2.47. The van der Waals surface area contributed by atoms with E-state index in [4.69, 9.17) is 16.0 Å². The molecular weight excluding hydrogens is 210 g/mol. The Morgan fingerprint density at radius 3 is 2.73 bits per heavy atom. The van der Waals surface area contributed by atoms with E-state index >= 15 is 0 Å². The van der Waals surface area contributed by atoms with E-state index in [0.717, 1.165) is 24.8 Å². The van der Waals surface area contributed by atoms with Crippen molar-refractivity contribution in [3.8, 4) is 0 Å². The zero-order chi connectivity index (χ0) is 10.3. The van der Waals surface area contributed by atoms with Crippen molar-refractivity contribution in [2.24, 2.45) is 11.3 Å². The third kappa shape index (κ3) is 2.06. The third-order valence-electron chi connectivity index (χ3n) is 3.74. The number of nitrogens with one attached hydrogen (secondary N) is 1. The maximum atomic E-state index is 5.71. The molecule has 1 aromatic rings. The van der Waals surface area contributed by atoms with Crippen molar-refractivity contribution >= 4 is 11.6 Å². The molecule has 2 aliphatic carbocycles. The van der Waals surface area contributed by atoms with Crippen LogP contribution in [0.2, 0.25) is 5.22 Å². The topological polar surface area (TPSA) is 25.2 Å². The van der Waals surface area contributed by atoms with E-state index in [9.17, 15) is 0 Å². The predicted octanol–water partition coefficient (Wildman–Crippen LogP) is 3.21. The van der Waals surface area contributed by atoms with E-state index in [1.807, 2.05) is 6.07 Å². The standard InChI is InChI=1S/C12H16ClNO/c13-11-4-3-10(15-11)7-14-8-12(5-6-12)9-1-2-9/h3-4,9,14H,1-2,5-8H2. The van der Waals surface area contributed by atoms with Crippen LogP contribution in [0.1, 0.15) is 31.4 Å². The molecule has 0 saturated heterocycles. The van der Waals surface area contributed by atoms with Gasteiger partial charge in [0.15, 0.2) is 5.22 Å². The summed E-state index contributed by atoms with van der Waals surface area (Å²) >= 11 is 5.71. The zero-order valence-corrected chi connectivity index (χ0v) is 9.52. The highest BCUT2D eigenvalue weighted by Crippen LogP contribution is 2.60. The molecule has 1 heterocycles. The molecule has 2 aliphatic rings. The summed E-state index contributed by atoms with van der Waals surface area (Å²) < 4.78 is 5.30. The van der Waals surface area contributed by atoms with E-state index < -0.39 is 0 Å². The molecule has 0 atom stereocenters. The van der Waals surface area contributed by atoms with Gasteiger partial charge in [-0.3, -0.25) is 0 Å². The van der Waals surface area contributed by atoms with E-state index in [2.05, 4.69) is 5.32 Å². The molecule has 0 spiro atoms. The zero-order valence-electron chi connectivity index (χ0n) is 8.76. The number of furan rings is 1. The van der Waals surface area contributed by atoms with Crippen molar-refractivity contribution in [3.05, 3.63) is 23.1 Å². The van der Waals surface area contributed by atoms with Crippen LogP contribution in [0.15, 0.2) is 16.5 Å². The third-order valence-corrected chi connectivity index (χ3v) is 3.94. The average Bonchev–Trinajstić information content (AvgIpc) is 3.08. The van der Waals surface area contributed by atoms with Crippen LogP contribution in [0.5, 0.6) is 0 Å². The van der Waals surface area contributed by atoms with E-state index in [0.29, 0.717) is 10.6 Å². The molecule has 1 aromatic heterocycles. The molecule has 3 rings (SSSR count). The molecule has 0 radical (unpaired) electrons. The van der Waals surface area contributed by atoms with Gasteiger partial charge in [-0.15, -0.1) is 0 Å².